The van der Waals surface area contributed by atoms with Crippen LogP contribution in [-0.2, 0) is 13.1 Å². The maximum atomic E-state index is 10.7. The quantitative estimate of drug-likeness (QED) is 0.171. The van der Waals surface area contributed by atoms with Crippen LogP contribution < -0.4 is 0 Å². The van der Waals surface area contributed by atoms with E-state index >= 15 is 0 Å². The summed E-state index contributed by atoms with van der Waals surface area (Å²) in [5.41, 5.74) is 3.83. The summed E-state index contributed by atoms with van der Waals surface area (Å²) in [5, 5.41) is 23.4. The van der Waals surface area contributed by atoms with Crippen LogP contribution >= 0.6 is 0 Å². The Balaban J connectivity index is 1.40. The Morgan fingerprint density at radius 2 is 1.09 bits per heavy atom. The third-order valence-electron chi connectivity index (χ3n) is 5.69. The predicted octanol–water partition coefficient (Wildman–Crippen LogP) is 5.96. The first-order valence-corrected chi connectivity index (χ1v) is 10.8. The number of aryl methyl sites for hydroxylation is 2. The molecule has 0 saturated heterocycles. The van der Waals surface area contributed by atoms with E-state index in [9.17, 15) is 20.2 Å². The molecule has 8 nitrogen and oxygen atoms in total. The summed E-state index contributed by atoms with van der Waals surface area (Å²) in [6, 6.07) is 15.8. The van der Waals surface area contributed by atoms with Gasteiger partial charge in [-0.05, 0) is 31.4 Å². The van der Waals surface area contributed by atoms with Gasteiger partial charge in [0.1, 0.15) is 0 Å². The van der Waals surface area contributed by atoms with E-state index in [0.717, 1.165) is 77.7 Å². The Morgan fingerprint density at radius 1 is 0.667 bits per heavy atom. The van der Waals surface area contributed by atoms with E-state index in [2.05, 4.69) is 9.13 Å². The lowest BCUT2D eigenvalue weighted by atomic mass is 10.2. The second-order valence-electron chi connectivity index (χ2n) is 7.85. The van der Waals surface area contributed by atoms with Gasteiger partial charge < -0.3 is 9.13 Å². The van der Waals surface area contributed by atoms with Crippen molar-refractivity contribution in [1.82, 2.24) is 9.13 Å². The number of fused-ring (bicyclic) bond motifs is 2. The molecule has 0 saturated carbocycles. The average molecular weight is 444 g/mol. The lowest BCUT2D eigenvalue weighted by Gasteiger charge is -2.07. The van der Waals surface area contributed by atoms with Gasteiger partial charge in [0.25, 0.3) is 0 Å². The third-order valence-corrected chi connectivity index (χ3v) is 5.69. The maximum Gasteiger partial charge on any atom is 0.235 e. The predicted molar refractivity (Wildman–Crippen MR) is 130 cm³/mol. The van der Waals surface area contributed by atoms with Crippen molar-refractivity contribution in [2.45, 2.75) is 32.4 Å². The average Bonchev–Trinajstić information content (AvgIpc) is 3.34. The monoisotopic (exact) mass is 444 g/mol. The number of para-hydroxylation sites is 2. The van der Waals surface area contributed by atoms with Crippen LogP contribution in [0.25, 0.3) is 34.0 Å². The zero-order valence-corrected chi connectivity index (χ0v) is 18.0. The standard InChI is InChI=1S/C25H24N4O4/c30-28(31)16-12-20-18-26(24-10-4-2-8-22(20)24)14-6-1-7-15-27-19-21(13-17-29(32)33)23-9-3-5-11-25(23)27/h2-5,8-13,16-19H,1,6-7,14-15H2/b16-12+,17-13+. The zero-order valence-electron chi connectivity index (χ0n) is 18.0. The van der Waals surface area contributed by atoms with Crippen molar-refractivity contribution in [2.24, 2.45) is 0 Å². The molecule has 0 radical (unpaired) electrons. The summed E-state index contributed by atoms with van der Waals surface area (Å²) in [6.07, 6.45) is 11.9. The Kier molecular flexibility index (Phi) is 6.64. The van der Waals surface area contributed by atoms with Crippen LogP contribution in [0.15, 0.2) is 73.3 Å². The normalized spacial score (nSPS) is 11.9. The molecule has 8 heteroatoms. The van der Waals surface area contributed by atoms with Crippen LogP contribution in [0.2, 0.25) is 0 Å². The summed E-state index contributed by atoms with van der Waals surface area (Å²) >= 11 is 0. The molecule has 0 unspecified atom stereocenters. The molecule has 0 amide bonds. The Hall–Kier alpha value is -4.20. The molecule has 0 fully saturated rings. The minimum atomic E-state index is -0.449. The van der Waals surface area contributed by atoms with Crippen LogP contribution in [0.4, 0.5) is 0 Å². The molecule has 0 atom stereocenters. The van der Waals surface area contributed by atoms with Crippen molar-refractivity contribution in [3.05, 3.63) is 105 Å². The molecule has 2 heterocycles. The molecule has 0 spiro atoms. The molecule has 33 heavy (non-hydrogen) atoms. The molecule has 0 bridgehead atoms. The molecule has 4 rings (SSSR count). The number of hydrogen-bond acceptors (Lipinski definition) is 4. The van der Waals surface area contributed by atoms with Crippen LogP contribution in [0.1, 0.15) is 30.4 Å². The first-order valence-electron chi connectivity index (χ1n) is 10.8. The van der Waals surface area contributed by atoms with E-state index < -0.39 is 9.85 Å². The van der Waals surface area contributed by atoms with Crippen molar-refractivity contribution >= 4 is 34.0 Å². The van der Waals surface area contributed by atoms with Gasteiger partial charge in [-0.1, -0.05) is 36.4 Å². The molecule has 0 N–H and O–H groups in total. The summed E-state index contributed by atoms with van der Waals surface area (Å²) in [6.45, 7) is 1.66. The third kappa shape index (κ3) is 5.17. The molecule has 168 valence electrons. The molecule has 0 aliphatic carbocycles. The van der Waals surface area contributed by atoms with E-state index in [-0.39, 0.29) is 0 Å². The van der Waals surface area contributed by atoms with E-state index in [1.54, 1.807) is 12.2 Å². The summed E-state index contributed by atoms with van der Waals surface area (Å²) in [7, 11) is 0. The van der Waals surface area contributed by atoms with Crippen LogP contribution in [0.5, 0.6) is 0 Å². The smallest absolute Gasteiger partial charge is 0.235 e. The fourth-order valence-electron chi connectivity index (χ4n) is 4.21. The highest BCUT2D eigenvalue weighted by atomic mass is 16.6. The summed E-state index contributed by atoms with van der Waals surface area (Å²) in [4.78, 5) is 20.5. The number of rotatable bonds is 10. The Morgan fingerprint density at radius 3 is 1.52 bits per heavy atom. The van der Waals surface area contributed by atoms with E-state index in [1.165, 1.54) is 0 Å². The minimum Gasteiger partial charge on any atom is -0.347 e. The van der Waals surface area contributed by atoms with Gasteiger partial charge in [-0.3, -0.25) is 20.2 Å². The van der Waals surface area contributed by atoms with Crippen LogP contribution in [-0.4, -0.2) is 19.0 Å². The van der Waals surface area contributed by atoms with Crippen molar-refractivity contribution < 1.29 is 9.85 Å². The number of nitro groups is 2. The number of benzene rings is 2. The van der Waals surface area contributed by atoms with Gasteiger partial charge in [-0.15, -0.1) is 0 Å². The number of aromatic nitrogens is 2. The highest BCUT2D eigenvalue weighted by molar-refractivity contribution is 5.90. The van der Waals surface area contributed by atoms with E-state index in [1.807, 2.05) is 60.9 Å². The van der Waals surface area contributed by atoms with E-state index in [0.29, 0.717) is 0 Å². The highest BCUT2D eigenvalue weighted by Crippen LogP contribution is 2.25. The van der Waals surface area contributed by atoms with Gasteiger partial charge in [0, 0.05) is 70.6 Å². The minimum absolute atomic E-state index is 0.449. The lowest BCUT2D eigenvalue weighted by molar-refractivity contribution is -0.401. The largest absolute Gasteiger partial charge is 0.347 e. The molecule has 0 aliphatic heterocycles. The lowest BCUT2D eigenvalue weighted by Crippen LogP contribution is -1.99. The van der Waals surface area contributed by atoms with Crippen LogP contribution in [0.3, 0.4) is 0 Å². The second-order valence-corrected chi connectivity index (χ2v) is 7.85. The van der Waals surface area contributed by atoms with Gasteiger partial charge in [0.15, 0.2) is 0 Å². The van der Waals surface area contributed by atoms with Gasteiger partial charge in [-0.25, -0.2) is 0 Å². The first-order chi connectivity index (χ1) is 16.0. The van der Waals surface area contributed by atoms with Crippen molar-refractivity contribution in [1.29, 1.82) is 0 Å². The Labute approximate surface area is 190 Å². The zero-order chi connectivity index (χ0) is 23.2. The van der Waals surface area contributed by atoms with Gasteiger partial charge >= 0.3 is 0 Å². The van der Waals surface area contributed by atoms with E-state index in [4.69, 9.17) is 0 Å². The summed E-state index contributed by atoms with van der Waals surface area (Å²) in [5.74, 6) is 0. The molecule has 4 aromatic rings. The number of unbranched alkanes of at least 4 members (excludes halogenated alkanes) is 2. The van der Waals surface area contributed by atoms with Crippen molar-refractivity contribution in [3.63, 3.8) is 0 Å². The van der Waals surface area contributed by atoms with Crippen molar-refractivity contribution in [3.8, 4) is 0 Å². The second kappa shape index (κ2) is 9.95. The highest BCUT2D eigenvalue weighted by Gasteiger charge is 2.08. The molecular weight excluding hydrogens is 420 g/mol. The van der Waals surface area contributed by atoms with Crippen molar-refractivity contribution in [2.75, 3.05) is 0 Å². The van der Waals surface area contributed by atoms with Gasteiger partial charge in [0.05, 0.1) is 9.85 Å². The SMILES string of the molecule is O=[N+]([O-])/C=C/c1cn(CCCCCn2cc(/C=C/[N+](=O)[O-])c3ccccc32)c2ccccc12. The molecule has 0 aliphatic rings. The maximum absolute atomic E-state index is 10.7. The molecular formula is C25H24N4O4. The fraction of sp³-hybridized carbons (Fsp3) is 0.200. The first kappa shape index (κ1) is 22.0. The summed E-state index contributed by atoms with van der Waals surface area (Å²) < 4.78 is 4.31. The molecule has 2 aromatic carbocycles. The number of hydrogen-bond donors (Lipinski definition) is 0. The fourth-order valence-corrected chi connectivity index (χ4v) is 4.21. The molecule has 2 aromatic heterocycles. The number of nitrogens with zero attached hydrogens (tertiary/aromatic N) is 4. The van der Waals surface area contributed by atoms with Crippen LogP contribution in [0, 0.1) is 20.2 Å². The topological polar surface area (TPSA) is 96.1 Å². The van der Waals surface area contributed by atoms with Gasteiger partial charge in [-0.2, -0.15) is 0 Å². The van der Waals surface area contributed by atoms with Gasteiger partial charge in [0.2, 0.25) is 12.4 Å². The Bertz CT molecular complexity index is 1260.